The first kappa shape index (κ1) is 29.9. The van der Waals surface area contributed by atoms with E-state index in [9.17, 15) is 38.4 Å². The van der Waals surface area contributed by atoms with Crippen molar-refractivity contribution in [2.45, 2.75) is 61.3 Å². The maximum atomic E-state index is 13.0. The normalized spacial score (nSPS) is 27.2. The third-order valence-electron chi connectivity index (χ3n) is 5.17. The molecule has 0 bridgehead atoms. The van der Waals surface area contributed by atoms with E-state index in [4.69, 9.17) is 9.47 Å². The molecular formula is C19H27N2NaO10S. The number of carbonyl (C=O) groups is 2. The first-order valence-electron chi connectivity index (χ1n) is 9.64. The van der Waals surface area contributed by atoms with Crippen LogP contribution < -0.4 is 44.7 Å². The summed E-state index contributed by atoms with van der Waals surface area (Å²) in [6.45, 7) is 1.97. The number of benzene rings is 1. The Balaban J connectivity index is 0.00000544. The molecule has 180 valence electrons. The molecule has 0 unspecified atom stereocenters. The summed E-state index contributed by atoms with van der Waals surface area (Å²) < 4.78 is 38.6. The summed E-state index contributed by atoms with van der Waals surface area (Å²) in [6.07, 6.45) is -6.05. The second-order valence-corrected chi connectivity index (χ2v) is 9.25. The van der Waals surface area contributed by atoms with E-state index in [0.717, 1.165) is 19.6 Å². The first-order chi connectivity index (χ1) is 14.9. The largest absolute Gasteiger partial charge is 1.00 e. The fourth-order valence-corrected chi connectivity index (χ4v) is 4.72. The maximum Gasteiger partial charge on any atom is 1.00 e. The molecule has 1 fully saturated rings. The molecule has 12 nitrogen and oxygen atoms in total. The van der Waals surface area contributed by atoms with Gasteiger partial charge in [0, 0.05) is 20.5 Å². The van der Waals surface area contributed by atoms with Crippen LogP contribution in [-0.2, 0) is 29.1 Å². The summed E-state index contributed by atoms with van der Waals surface area (Å²) in [7, 11) is -3.25. The van der Waals surface area contributed by atoms with E-state index in [1.165, 1.54) is 12.1 Å². The summed E-state index contributed by atoms with van der Waals surface area (Å²) in [4.78, 5) is 23.5. The Bertz CT molecular complexity index is 929. The number of methoxy groups -OCH3 is 1. The Kier molecular flexibility index (Phi) is 10.9. The number of aliphatic hydroxyl groups excluding tert-OH is 3. The number of rotatable bonds is 9. The number of aryl methyl sites for hydroxylation is 1. The number of sulfonamides is 1. The van der Waals surface area contributed by atoms with Crippen LogP contribution in [0.2, 0.25) is 0 Å². The predicted molar refractivity (Wildman–Crippen MR) is 106 cm³/mol. The maximum absolute atomic E-state index is 13.0. The Morgan fingerprint density at radius 1 is 1.30 bits per heavy atom. The average molecular weight is 498 g/mol. The third kappa shape index (κ3) is 6.94. The topological polar surface area (TPSA) is 195 Å². The van der Waals surface area contributed by atoms with Crippen molar-refractivity contribution in [3.05, 3.63) is 29.8 Å². The van der Waals surface area contributed by atoms with Crippen LogP contribution >= 0.6 is 0 Å². The molecule has 0 spiro atoms. The van der Waals surface area contributed by atoms with Gasteiger partial charge < -0.3 is 40.0 Å². The summed E-state index contributed by atoms with van der Waals surface area (Å²) >= 11 is 0. The number of ether oxygens (including phenoxy) is 2. The van der Waals surface area contributed by atoms with Crippen LogP contribution in [0.15, 0.2) is 29.2 Å². The van der Waals surface area contributed by atoms with Crippen molar-refractivity contribution in [3.8, 4) is 0 Å². The second-order valence-electron chi connectivity index (χ2n) is 7.54. The van der Waals surface area contributed by atoms with E-state index in [-0.39, 0.29) is 34.5 Å². The number of amides is 1. The van der Waals surface area contributed by atoms with Gasteiger partial charge in [-0.05, 0) is 19.1 Å². The molecule has 0 radical (unpaired) electrons. The molecule has 2 rings (SSSR count). The second kappa shape index (κ2) is 12.0. The number of aliphatic hydroxyl groups is 3. The van der Waals surface area contributed by atoms with Crippen molar-refractivity contribution >= 4 is 21.9 Å². The van der Waals surface area contributed by atoms with Gasteiger partial charge in [0.15, 0.2) is 0 Å². The number of hydrogen-bond donors (Lipinski definition) is 5. The van der Waals surface area contributed by atoms with E-state index in [2.05, 4.69) is 10.0 Å². The van der Waals surface area contributed by atoms with Gasteiger partial charge in [-0.3, -0.25) is 4.79 Å². The van der Waals surface area contributed by atoms with Gasteiger partial charge in [-0.1, -0.05) is 17.7 Å². The monoisotopic (exact) mass is 498 g/mol. The minimum Gasteiger partial charge on any atom is -0.544 e. The summed E-state index contributed by atoms with van der Waals surface area (Å²) in [5, 5.41) is 43.8. The summed E-state index contributed by atoms with van der Waals surface area (Å²) in [5.74, 6) is -5.03. The zero-order valence-corrected chi connectivity index (χ0v) is 21.5. The molecule has 1 aromatic carbocycles. The molecule has 1 aliphatic rings. The molecule has 1 aliphatic heterocycles. The van der Waals surface area contributed by atoms with Crippen molar-refractivity contribution in [3.63, 3.8) is 0 Å². The summed E-state index contributed by atoms with van der Waals surface area (Å²) in [6, 6.07) is 3.10. The van der Waals surface area contributed by atoms with Gasteiger partial charge in [-0.25, -0.2) is 13.1 Å². The fraction of sp³-hybridized carbons (Fsp3) is 0.579. The van der Waals surface area contributed by atoms with Crippen molar-refractivity contribution < 1.29 is 77.5 Å². The van der Waals surface area contributed by atoms with Gasteiger partial charge in [0.2, 0.25) is 21.7 Å². The number of carboxylic acids is 1. The molecule has 1 heterocycles. The van der Waals surface area contributed by atoms with Crippen molar-refractivity contribution in [2.75, 3.05) is 13.7 Å². The van der Waals surface area contributed by atoms with Gasteiger partial charge in [0.05, 0.1) is 23.6 Å². The van der Waals surface area contributed by atoms with Crippen LogP contribution in [0.5, 0.6) is 0 Å². The predicted octanol–water partition coefficient (Wildman–Crippen LogP) is -6.25. The Hall–Kier alpha value is -1.13. The van der Waals surface area contributed by atoms with Gasteiger partial charge in [-0.15, -0.1) is 0 Å². The van der Waals surface area contributed by atoms with Gasteiger partial charge in [0.25, 0.3) is 0 Å². The molecular weight excluding hydrogens is 471 g/mol. The first-order valence-corrected chi connectivity index (χ1v) is 11.1. The molecule has 5 N–H and O–H groups in total. The van der Waals surface area contributed by atoms with E-state index in [0.29, 0.717) is 0 Å². The Morgan fingerprint density at radius 2 is 1.88 bits per heavy atom. The summed E-state index contributed by atoms with van der Waals surface area (Å²) in [5.41, 5.74) is 0.808. The van der Waals surface area contributed by atoms with Crippen molar-refractivity contribution in [1.82, 2.24) is 10.0 Å². The molecule has 1 saturated heterocycles. The van der Waals surface area contributed by atoms with Crippen molar-refractivity contribution in [2.24, 2.45) is 0 Å². The third-order valence-corrected chi connectivity index (χ3v) is 6.67. The Labute approximate surface area is 213 Å². The molecule has 1 amide bonds. The van der Waals surface area contributed by atoms with Crippen LogP contribution in [0, 0.1) is 6.92 Å². The standard InChI is InChI=1S/C19H28N2O10S.Na/c1-10-4-6-12(7-5-10)32(28,29)21-13-8-19(30-3,18(26)27)31-17(15(13)20-11(2)23)16(25)14(24)9-22;/h4-7,13-17,21-22,24-25H,8-9H2,1-3H3,(H,20,23)(H,26,27);/q;+1/p-1/t13-,14+,15+,16+,17+,19+;/m0./s1. The van der Waals surface area contributed by atoms with Crippen LogP contribution in [0.1, 0.15) is 18.9 Å². The zero-order chi connectivity index (χ0) is 24.3. The number of nitrogens with one attached hydrogen (secondary N) is 2. The van der Waals surface area contributed by atoms with Crippen LogP contribution in [-0.4, -0.2) is 85.5 Å². The number of aliphatic carboxylic acids is 1. The molecule has 0 aromatic heterocycles. The van der Waals surface area contributed by atoms with Crippen LogP contribution in [0.4, 0.5) is 0 Å². The fourth-order valence-electron chi connectivity index (χ4n) is 3.46. The minimum atomic E-state index is -4.22. The molecule has 33 heavy (non-hydrogen) atoms. The van der Waals surface area contributed by atoms with E-state index in [1.807, 2.05) is 0 Å². The molecule has 0 saturated carbocycles. The average Bonchev–Trinajstić information content (AvgIpc) is 2.73. The molecule has 14 heteroatoms. The van der Waals surface area contributed by atoms with E-state index < -0.39 is 71.1 Å². The van der Waals surface area contributed by atoms with Gasteiger partial charge >= 0.3 is 29.6 Å². The molecule has 6 atom stereocenters. The van der Waals surface area contributed by atoms with Crippen LogP contribution in [0.25, 0.3) is 0 Å². The van der Waals surface area contributed by atoms with Gasteiger partial charge in [0.1, 0.15) is 24.3 Å². The van der Waals surface area contributed by atoms with E-state index in [1.54, 1.807) is 19.1 Å². The number of carbonyl (C=O) groups excluding carboxylic acids is 2. The minimum absolute atomic E-state index is 0. The zero-order valence-electron chi connectivity index (χ0n) is 18.7. The Morgan fingerprint density at radius 3 is 2.33 bits per heavy atom. The SMILES string of the molecule is CO[C@]1(C(=O)[O-])C[C@H](NS(=O)(=O)c2ccc(C)cc2)[C@@H](NC(C)=O)[C@H]([C@H](O)[C@H](O)CO)O1.[Na+]. The smallest absolute Gasteiger partial charge is 0.544 e. The van der Waals surface area contributed by atoms with Crippen LogP contribution in [0.3, 0.4) is 0 Å². The number of hydrogen-bond acceptors (Lipinski definition) is 10. The van der Waals surface area contributed by atoms with Crippen molar-refractivity contribution in [1.29, 1.82) is 0 Å². The molecule has 0 aliphatic carbocycles. The quantitative estimate of drug-likeness (QED) is 0.204. The van der Waals surface area contributed by atoms with E-state index >= 15 is 0 Å². The molecule has 1 aromatic rings. The number of carboxylic acid groups (broad SMARTS) is 1. The van der Waals surface area contributed by atoms with Gasteiger partial charge in [-0.2, -0.15) is 0 Å².